The summed E-state index contributed by atoms with van der Waals surface area (Å²) in [6, 6.07) is 7.64. The first-order valence-corrected chi connectivity index (χ1v) is 12.6. The molecule has 0 radical (unpaired) electrons. The Hall–Kier alpha value is -3.73. The third-order valence-electron chi connectivity index (χ3n) is 5.82. The van der Waals surface area contributed by atoms with Crippen LogP contribution in [0.5, 0.6) is 0 Å². The van der Waals surface area contributed by atoms with Crippen LogP contribution in [0.3, 0.4) is 0 Å². The zero-order chi connectivity index (χ0) is 28.9. The molecule has 2 aromatic carbocycles. The van der Waals surface area contributed by atoms with Crippen molar-refractivity contribution < 1.29 is 27.5 Å². The molecule has 2 rings (SSSR count). The number of nitrogens with one attached hydrogen (secondary N) is 3. The van der Waals surface area contributed by atoms with Gasteiger partial charge in [-0.3, -0.25) is 9.79 Å². The van der Waals surface area contributed by atoms with E-state index in [4.69, 9.17) is 5.11 Å². The summed E-state index contributed by atoms with van der Waals surface area (Å²) in [5.74, 6) is -2.91. The van der Waals surface area contributed by atoms with Gasteiger partial charge >= 0.3 is 6.55 Å². The van der Waals surface area contributed by atoms with E-state index in [1.165, 1.54) is 6.07 Å². The highest BCUT2D eigenvalue weighted by atomic mass is 19.3. The molecule has 0 aliphatic rings. The number of rotatable bonds is 13. The van der Waals surface area contributed by atoms with Gasteiger partial charge in [-0.25, -0.2) is 13.8 Å². The Bertz CT molecular complexity index is 1210. The van der Waals surface area contributed by atoms with E-state index in [9.17, 15) is 22.4 Å². The van der Waals surface area contributed by atoms with Crippen LogP contribution in [0.25, 0.3) is 0 Å². The van der Waals surface area contributed by atoms with E-state index >= 15 is 0 Å². The summed E-state index contributed by atoms with van der Waals surface area (Å²) in [5, 5.41) is 16.5. The Labute approximate surface area is 226 Å². The van der Waals surface area contributed by atoms with Crippen LogP contribution >= 0.6 is 0 Å². The maximum atomic E-state index is 14.6. The van der Waals surface area contributed by atoms with Crippen molar-refractivity contribution in [1.82, 2.24) is 5.32 Å². The number of amides is 1. The van der Waals surface area contributed by atoms with Crippen LogP contribution in [0.2, 0.25) is 0 Å². The zero-order valence-electron chi connectivity index (χ0n) is 22.5. The van der Waals surface area contributed by atoms with Crippen LogP contribution < -0.4 is 16.0 Å². The van der Waals surface area contributed by atoms with E-state index in [1.54, 1.807) is 50.5 Å². The van der Waals surface area contributed by atoms with Gasteiger partial charge in [-0.2, -0.15) is 8.78 Å². The molecular formula is C28H35F4N5O2. The minimum atomic E-state index is -3.02. The van der Waals surface area contributed by atoms with Gasteiger partial charge in [0.25, 0.3) is 5.91 Å². The van der Waals surface area contributed by atoms with E-state index in [-0.39, 0.29) is 24.6 Å². The molecule has 4 N–H and O–H groups in total. The molecular weight excluding hydrogens is 514 g/mol. The molecule has 0 aromatic heterocycles. The van der Waals surface area contributed by atoms with Crippen molar-refractivity contribution in [2.45, 2.75) is 53.0 Å². The van der Waals surface area contributed by atoms with Gasteiger partial charge < -0.3 is 21.1 Å². The molecule has 1 atom stereocenters. The first-order chi connectivity index (χ1) is 18.6. The molecule has 0 saturated carbocycles. The number of hydrogen-bond donors (Lipinski definition) is 4. The highest BCUT2D eigenvalue weighted by Crippen LogP contribution is 2.27. The van der Waals surface area contributed by atoms with Crippen molar-refractivity contribution in [3.8, 4) is 0 Å². The number of hydrogen-bond acceptors (Lipinski definition) is 5. The molecule has 0 fully saturated rings. The molecule has 0 aliphatic carbocycles. The van der Waals surface area contributed by atoms with Gasteiger partial charge in [-0.15, -0.1) is 0 Å². The van der Waals surface area contributed by atoms with Crippen LogP contribution in [0.15, 0.2) is 52.6 Å². The Morgan fingerprint density at radius 1 is 1.15 bits per heavy atom. The largest absolute Gasteiger partial charge is 0.396 e. The minimum Gasteiger partial charge on any atom is -0.396 e. The smallest absolute Gasteiger partial charge is 0.313 e. The molecule has 39 heavy (non-hydrogen) atoms. The van der Waals surface area contributed by atoms with Crippen LogP contribution in [0.1, 0.15) is 61.5 Å². The van der Waals surface area contributed by atoms with Crippen molar-refractivity contribution >= 4 is 28.8 Å². The summed E-state index contributed by atoms with van der Waals surface area (Å²) in [4.78, 5) is 21.4. The summed E-state index contributed by atoms with van der Waals surface area (Å²) < 4.78 is 53.8. The van der Waals surface area contributed by atoms with E-state index in [1.807, 2.05) is 13.0 Å². The number of alkyl halides is 2. The van der Waals surface area contributed by atoms with Crippen molar-refractivity contribution in [3.05, 3.63) is 70.9 Å². The van der Waals surface area contributed by atoms with Crippen LogP contribution in [-0.4, -0.2) is 48.8 Å². The maximum absolute atomic E-state index is 14.6. The molecule has 7 nitrogen and oxygen atoms in total. The first kappa shape index (κ1) is 31.5. The molecule has 11 heteroatoms. The van der Waals surface area contributed by atoms with Gasteiger partial charge in [-0.1, -0.05) is 26.0 Å². The van der Waals surface area contributed by atoms with Crippen molar-refractivity contribution in [2.75, 3.05) is 30.3 Å². The van der Waals surface area contributed by atoms with Gasteiger partial charge in [0.15, 0.2) is 17.5 Å². The number of aryl methyl sites for hydroxylation is 1. The van der Waals surface area contributed by atoms with E-state index in [0.29, 0.717) is 42.2 Å². The Kier molecular flexibility index (Phi) is 12.6. The highest BCUT2D eigenvalue weighted by Gasteiger charge is 2.19. The Morgan fingerprint density at radius 2 is 1.90 bits per heavy atom. The first-order valence-electron chi connectivity index (χ1n) is 12.6. The number of carbonyl (C=O) groups excluding carboxylic acids is 1. The van der Waals surface area contributed by atoms with Crippen molar-refractivity contribution in [3.63, 3.8) is 0 Å². The predicted octanol–water partition coefficient (Wildman–Crippen LogP) is 5.88. The minimum absolute atomic E-state index is 0.00529. The molecule has 1 amide bonds. The van der Waals surface area contributed by atoms with E-state index in [2.05, 4.69) is 20.6 Å². The standard InChI is InChI=1S/C28H35F4N5O2/c1-5-12-33-26(36-20-8-9-22(19(6-2)15-20)27(39)34-13-7-14-38)18(4)35-16-17(3)21-10-11-23(37-28(31)32)25(30)24(21)29/h5,8-12,15,17,28,37-38H,6-7,13-14,16H2,1-4H3,(H,33,36)(H,34,39)/b12-5-,35-18+. The molecule has 2 aromatic rings. The van der Waals surface area contributed by atoms with Crippen LogP contribution in [0.4, 0.5) is 28.9 Å². The summed E-state index contributed by atoms with van der Waals surface area (Å²) in [6.07, 6.45) is 4.40. The fourth-order valence-corrected chi connectivity index (χ4v) is 3.68. The highest BCUT2D eigenvalue weighted by molar-refractivity contribution is 6.45. The topological polar surface area (TPSA) is 98.1 Å². The van der Waals surface area contributed by atoms with Crippen LogP contribution in [0, 0.1) is 11.6 Å². The van der Waals surface area contributed by atoms with E-state index in [0.717, 1.165) is 11.6 Å². The SMILES string of the molecule is C\C=C/N=C(Nc1ccc(C(=O)NCCCO)c(CC)c1)\C(C)=N\CC(C)c1ccc(NC(F)F)c(F)c1F. The molecule has 1 unspecified atom stereocenters. The van der Waals surface area contributed by atoms with Crippen molar-refractivity contribution in [2.24, 2.45) is 9.98 Å². The predicted molar refractivity (Wildman–Crippen MR) is 148 cm³/mol. The Morgan fingerprint density at radius 3 is 2.54 bits per heavy atom. The van der Waals surface area contributed by atoms with Crippen molar-refractivity contribution in [1.29, 1.82) is 0 Å². The molecule has 0 spiro atoms. The lowest BCUT2D eigenvalue weighted by molar-refractivity contribution is 0.0950. The van der Waals surface area contributed by atoms with Gasteiger partial charge in [0.1, 0.15) is 0 Å². The number of aliphatic hydroxyl groups excluding tert-OH is 1. The number of anilines is 2. The molecule has 0 saturated heterocycles. The number of nitrogens with zero attached hydrogens (tertiary/aromatic N) is 2. The number of halogens is 4. The summed E-state index contributed by atoms with van der Waals surface area (Å²) in [7, 11) is 0. The lowest BCUT2D eigenvalue weighted by atomic mass is 10.00. The summed E-state index contributed by atoms with van der Waals surface area (Å²) in [5.41, 5.74) is 1.95. The summed E-state index contributed by atoms with van der Waals surface area (Å²) in [6.45, 7) is 4.56. The van der Waals surface area contributed by atoms with Gasteiger partial charge in [0, 0.05) is 43.1 Å². The lowest BCUT2D eigenvalue weighted by Crippen LogP contribution is -2.26. The Balaban J connectivity index is 2.22. The second-order valence-electron chi connectivity index (χ2n) is 8.75. The fraction of sp³-hybridized carbons (Fsp3) is 0.393. The average molecular weight is 550 g/mol. The second kappa shape index (κ2) is 15.6. The van der Waals surface area contributed by atoms with E-state index < -0.39 is 29.8 Å². The molecule has 0 heterocycles. The van der Waals surface area contributed by atoms with Gasteiger partial charge in [0.2, 0.25) is 0 Å². The van der Waals surface area contributed by atoms with Crippen LogP contribution in [-0.2, 0) is 6.42 Å². The quantitative estimate of drug-likeness (QED) is 0.0824. The monoisotopic (exact) mass is 549 g/mol. The third-order valence-corrected chi connectivity index (χ3v) is 5.82. The number of aliphatic hydroxyl groups is 1. The summed E-state index contributed by atoms with van der Waals surface area (Å²) >= 11 is 0. The number of aliphatic imine (C=N–C) groups is 2. The van der Waals surface area contributed by atoms with Gasteiger partial charge in [0.05, 0.1) is 11.4 Å². The fourth-order valence-electron chi connectivity index (χ4n) is 3.68. The zero-order valence-corrected chi connectivity index (χ0v) is 22.5. The number of amidine groups is 1. The van der Waals surface area contributed by atoms with Gasteiger partial charge in [-0.05, 0) is 62.1 Å². The third kappa shape index (κ3) is 9.20. The molecule has 212 valence electrons. The normalized spacial score (nSPS) is 13.2. The number of carbonyl (C=O) groups is 1. The molecule has 0 bridgehead atoms. The molecule has 0 aliphatic heterocycles. The second-order valence-corrected chi connectivity index (χ2v) is 8.75. The average Bonchev–Trinajstić information content (AvgIpc) is 2.91. The number of benzene rings is 2. The lowest BCUT2D eigenvalue weighted by Gasteiger charge is -2.16. The maximum Gasteiger partial charge on any atom is 0.313 e. The number of allylic oxidation sites excluding steroid dienone is 1.